The first-order chi connectivity index (χ1) is 9.63. The Morgan fingerprint density at radius 3 is 3.00 bits per heavy atom. The molecule has 1 saturated heterocycles. The number of rotatable bonds is 5. The maximum Gasteiger partial charge on any atom is 0.223 e. The number of methoxy groups -OCH3 is 1. The zero-order chi connectivity index (χ0) is 14.5. The molecule has 1 heterocycles. The monoisotopic (exact) mass is 277 g/mol. The maximum absolute atomic E-state index is 12.3. The van der Waals surface area contributed by atoms with E-state index >= 15 is 0 Å². The Bertz CT molecular complexity index is 461. The molecule has 1 aliphatic heterocycles. The molecule has 20 heavy (non-hydrogen) atoms. The Hall–Kier alpha value is -1.55. The molecule has 0 aliphatic carbocycles. The van der Waals surface area contributed by atoms with Gasteiger partial charge >= 0.3 is 0 Å². The van der Waals surface area contributed by atoms with Crippen LogP contribution in [0.5, 0.6) is 5.75 Å². The SMILES string of the molecule is COc1cccc(C(C)CC(=O)N2CCC(CO)C2)c1. The van der Waals surface area contributed by atoms with Crippen LogP contribution in [0.3, 0.4) is 0 Å². The highest BCUT2D eigenvalue weighted by atomic mass is 16.5. The number of ether oxygens (including phenoxy) is 1. The standard InChI is InChI=1S/C16H23NO3/c1-12(14-4-3-5-15(9-14)20-2)8-16(19)17-7-6-13(10-17)11-18/h3-5,9,12-13,18H,6-8,10-11H2,1-2H3. The van der Waals surface area contributed by atoms with Crippen LogP contribution in [0.15, 0.2) is 24.3 Å². The van der Waals surface area contributed by atoms with Crippen LogP contribution in [0.25, 0.3) is 0 Å². The van der Waals surface area contributed by atoms with Crippen molar-refractivity contribution >= 4 is 5.91 Å². The lowest BCUT2D eigenvalue weighted by Crippen LogP contribution is -2.29. The van der Waals surface area contributed by atoms with E-state index in [0.717, 1.165) is 24.3 Å². The van der Waals surface area contributed by atoms with E-state index in [1.807, 2.05) is 29.2 Å². The van der Waals surface area contributed by atoms with Crippen LogP contribution >= 0.6 is 0 Å². The highest BCUT2D eigenvalue weighted by Gasteiger charge is 2.26. The summed E-state index contributed by atoms with van der Waals surface area (Å²) in [4.78, 5) is 14.1. The van der Waals surface area contributed by atoms with E-state index in [0.29, 0.717) is 13.0 Å². The Kier molecular flexibility index (Phi) is 5.01. The third kappa shape index (κ3) is 3.51. The van der Waals surface area contributed by atoms with E-state index in [4.69, 9.17) is 9.84 Å². The van der Waals surface area contributed by atoms with Gasteiger partial charge in [0.15, 0.2) is 0 Å². The van der Waals surface area contributed by atoms with E-state index in [9.17, 15) is 4.79 Å². The third-order valence-electron chi connectivity index (χ3n) is 4.04. The topological polar surface area (TPSA) is 49.8 Å². The van der Waals surface area contributed by atoms with Gasteiger partial charge in [0.2, 0.25) is 5.91 Å². The van der Waals surface area contributed by atoms with Gasteiger partial charge in [-0.1, -0.05) is 19.1 Å². The molecule has 1 amide bonds. The van der Waals surface area contributed by atoms with Crippen molar-refractivity contribution in [2.45, 2.75) is 25.7 Å². The molecule has 1 N–H and O–H groups in total. The number of amides is 1. The summed E-state index contributed by atoms with van der Waals surface area (Å²) in [5.41, 5.74) is 1.12. The van der Waals surface area contributed by atoms with Gasteiger partial charge in [0.05, 0.1) is 7.11 Å². The van der Waals surface area contributed by atoms with Crippen LogP contribution in [0, 0.1) is 5.92 Å². The molecule has 0 aromatic heterocycles. The smallest absolute Gasteiger partial charge is 0.223 e. The molecule has 1 aliphatic rings. The summed E-state index contributed by atoms with van der Waals surface area (Å²) in [6.07, 6.45) is 1.42. The Balaban J connectivity index is 1.93. The van der Waals surface area contributed by atoms with Crippen LogP contribution in [0.1, 0.15) is 31.2 Å². The number of carbonyl (C=O) groups excluding carboxylic acids is 1. The van der Waals surface area contributed by atoms with Crippen molar-refractivity contribution in [3.8, 4) is 5.75 Å². The van der Waals surface area contributed by atoms with Gasteiger partial charge in [-0.25, -0.2) is 0 Å². The van der Waals surface area contributed by atoms with E-state index in [-0.39, 0.29) is 24.3 Å². The molecule has 0 spiro atoms. The Morgan fingerprint density at radius 2 is 2.35 bits per heavy atom. The number of aliphatic hydroxyl groups excluding tert-OH is 1. The zero-order valence-electron chi connectivity index (χ0n) is 12.2. The highest BCUT2D eigenvalue weighted by molar-refractivity contribution is 5.77. The summed E-state index contributed by atoms with van der Waals surface area (Å²) in [7, 11) is 1.65. The van der Waals surface area contributed by atoms with Gasteiger partial charge in [0.1, 0.15) is 5.75 Å². The quantitative estimate of drug-likeness (QED) is 0.896. The van der Waals surface area contributed by atoms with E-state index < -0.39 is 0 Å². The van der Waals surface area contributed by atoms with Gasteiger partial charge in [-0.15, -0.1) is 0 Å². The van der Waals surface area contributed by atoms with Crippen molar-refractivity contribution in [1.82, 2.24) is 4.90 Å². The minimum Gasteiger partial charge on any atom is -0.497 e. The molecule has 0 radical (unpaired) electrons. The normalized spacial score (nSPS) is 19.9. The van der Waals surface area contributed by atoms with Gasteiger partial charge in [0, 0.05) is 32.0 Å². The summed E-state index contributed by atoms with van der Waals surface area (Å²) in [6, 6.07) is 7.87. The highest BCUT2D eigenvalue weighted by Crippen LogP contribution is 2.25. The van der Waals surface area contributed by atoms with Crippen LogP contribution in [0.4, 0.5) is 0 Å². The molecular formula is C16H23NO3. The number of benzene rings is 1. The van der Waals surface area contributed by atoms with E-state index in [1.165, 1.54) is 0 Å². The van der Waals surface area contributed by atoms with E-state index in [2.05, 4.69) is 6.92 Å². The minimum absolute atomic E-state index is 0.172. The minimum atomic E-state index is 0.172. The molecule has 2 rings (SSSR count). The second-order valence-corrected chi connectivity index (χ2v) is 5.56. The molecule has 0 saturated carbocycles. The number of carbonyl (C=O) groups is 1. The first-order valence-electron chi connectivity index (χ1n) is 7.16. The molecule has 1 fully saturated rings. The molecule has 1 aromatic carbocycles. The summed E-state index contributed by atoms with van der Waals surface area (Å²) in [5, 5.41) is 9.13. The molecular weight excluding hydrogens is 254 g/mol. The number of hydrogen-bond donors (Lipinski definition) is 1. The van der Waals surface area contributed by atoms with E-state index in [1.54, 1.807) is 7.11 Å². The molecule has 4 heteroatoms. The third-order valence-corrected chi connectivity index (χ3v) is 4.04. The van der Waals surface area contributed by atoms with Crippen molar-refractivity contribution < 1.29 is 14.6 Å². The summed E-state index contributed by atoms with van der Waals surface area (Å²) >= 11 is 0. The number of hydrogen-bond acceptors (Lipinski definition) is 3. The first kappa shape index (κ1) is 14.9. The number of likely N-dealkylation sites (tertiary alicyclic amines) is 1. The van der Waals surface area contributed by atoms with Crippen molar-refractivity contribution in [2.75, 3.05) is 26.8 Å². The van der Waals surface area contributed by atoms with Gasteiger partial charge in [0.25, 0.3) is 0 Å². The Morgan fingerprint density at radius 1 is 1.55 bits per heavy atom. The summed E-state index contributed by atoms with van der Waals surface area (Å²) in [6.45, 7) is 3.70. The van der Waals surface area contributed by atoms with Crippen LogP contribution in [-0.4, -0.2) is 42.7 Å². The van der Waals surface area contributed by atoms with Crippen molar-refractivity contribution in [3.63, 3.8) is 0 Å². The molecule has 0 bridgehead atoms. The fourth-order valence-electron chi connectivity index (χ4n) is 2.67. The summed E-state index contributed by atoms with van der Waals surface area (Å²) < 4.78 is 5.22. The first-order valence-corrected chi connectivity index (χ1v) is 7.16. The fraction of sp³-hybridized carbons (Fsp3) is 0.562. The molecule has 2 atom stereocenters. The second kappa shape index (κ2) is 6.75. The average Bonchev–Trinajstić information content (AvgIpc) is 2.96. The van der Waals surface area contributed by atoms with Gasteiger partial charge in [-0.05, 0) is 30.0 Å². The molecule has 4 nitrogen and oxygen atoms in total. The predicted octanol–water partition coefficient (Wildman–Crippen LogP) is 2.03. The van der Waals surface area contributed by atoms with Gasteiger partial charge < -0.3 is 14.7 Å². The van der Waals surface area contributed by atoms with Crippen LogP contribution in [0.2, 0.25) is 0 Å². The van der Waals surface area contributed by atoms with Gasteiger partial charge in [-0.3, -0.25) is 4.79 Å². The maximum atomic E-state index is 12.3. The Labute approximate surface area is 120 Å². The average molecular weight is 277 g/mol. The zero-order valence-corrected chi connectivity index (χ0v) is 12.2. The largest absolute Gasteiger partial charge is 0.497 e. The van der Waals surface area contributed by atoms with Crippen LogP contribution < -0.4 is 4.74 Å². The molecule has 1 aromatic rings. The van der Waals surface area contributed by atoms with Crippen molar-refractivity contribution in [3.05, 3.63) is 29.8 Å². The fourth-order valence-corrected chi connectivity index (χ4v) is 2.67. The second-order valence-electron chi connectivity index (χ2n) is 5.56. The summed E-state index contributed by atoms with van der Waals surface area (Å²) in [5.74, 6) is 1.43. The lowest BCUT2D eigenvalue weighted by atomic mass is 9.97. The van der Waals surface area contributed by atoms with Crippen LogP contribution in [-0.2, 0) is 4.79 Å². The van der Waals surface area contributed by atoms with Crippen molar-refractivity contribution in [2.24, 2.45) is 5.92 Å². The molecule has 110 valence electrons. The molecule has 2 unspecified atom stereocenters. The van der Waals surface area contributed by atoms with Crippen molar-refractivity contribution in [1.29, 1.82) is 0 Å². The number of nitrogens with zero attached hydrogens (tertiary/aromatic N) is 1. The lowest BCUT2D eigenvalue weighted by molar-refractivity contribution is -0.130. The predicted molar refractivity (Wildman–Crippen MR) is 77.8 cm³/mol. The lowest BCUT2D eigenvalue weighted by Gasteiger charge is -2.19. The number of aliphatic hydroxyl groups is 1. The van der Waals surface area contributed by atoms with Gasteiger partial charge in [-0.2, -0.15) is 0 Å².